The molecule has 0 atom stereocenters. The minimum atomic E-state index is 0.133. The number of hydrogen-bond donors (Lipinski definition) is 0. The van der Waals surface area contributed by atoms with Gasteiger partial charge >= 0.3 is 0 Å². The molecule has 0 aliphatic rings. The number of thiocarbonyl (C=S) groups is 1. The smallest absolute Gasteiger partial charge is 0.0484 e. The van der Waals surface area contributed by atoms with Gasteiger partial charge in [0.1, 0.15) is 0 Å². The Labute approximate surface area is 97.9 Å². The number of unbranched alkanes of at least 4 members (excludes halogenated alkanes) is 1. The van der Waals surface area contributed by atoms with Gasteiger partial charge < -0.3 is 0 Å². The van der Waals surface area contributed by atoms with Gasteiger partial charge in [0.15, 0.2) is 0 Å². The number of allylic oxidation sites excluding steroid dienone is 2. The monoisotopic (exact) mass is 228 g/mol. The Morgan fingerprint density at radius 2 is 2.07 bits per heavy atom. The van der Waals surface area contributed by atoms with Crippen LogP contribution >= 0.6 is 24.0 Å². The molecule has 0 aromatic heterocycles. The van der Waals surface area contributed by atoms with E-state index in [1.54, 1.807) is 11.8 Å². The minimum absolute atomic E-state index is 0.133. The molecule has 0 rings (SSSR count). The zero-order valence-electron chi connectivity index (χ0n) is 9.38. The van der Waals surface area contributed by atoms with Crippen LogP contribution in [-0.2, 0) is 0 Å². The van der Waals surface area contributed by atoms with Gasteiger partial charge in [-0.3, -0.25) is 0 Å². The lowest BCUT2D eigenvalue weighted by molar-refractivity contribution is 0.891. The normalized spacial score (nSPS) is 11.9. The predicted molar refractivity (Wildman–Crippen MR) is 73.1 cm³/mol. The molecule has 80 valence electrons. The first-order valence-corrected chi connectivity index (χ1v) is 6.24. The average molecular weight is 228 g/mol. The van der Waals surface area contributed by atoms with Crippen molar-refractivity contribution in [1.82, 2.24) is 0 Å². The predicted octanol–water partition coefficient (Wildman–Crippen LogP) is 4.76. The topological polar surface area (TPSA) is 0 Å². The van der Waals surface area contributed by atoms with Crippen LogP contribution in [0, 0.1) is 0 Å². The molecule has 2 heteroatoms. The van der Waals surface area contributed by atoms with Crippen LogP contribution in [0.4, 0.5) is 0 Å². The first-order chi connectivity index (χ1) is 6.52. The molecule has 14 heavy (non-hydrogen) atoms. The molecule has 0 aromatic carbocycles. The number of rotatable bonds is 6. The van der Waals surface area contributed by atoms with Gasteiger partial charge in [0.05, 0.1) is 0 Å². The average Bonchev–Trinajstić information content (AvgIpc) is 2.12. The molecule has 0 N–H and O–H groups in total. The summed E-state index contributed by atoms with van der Waals surface area (Å²) in [5, 5.41) is 0. The van der Waals surface area contributed by atoms with Crippen LogP contribution in [0.15, 0.2) is 24.8 Å². The quantitative estimate of drug-likeness (QED) is 0.365. The standard InChI is InChI=1S/C12H20S2/c1-5-7-8-9-10-12(3,4)14-11(13)6-2/h5,9-10H,1,6-8H2,2-4H3/b10-9+. The summed E-state index contributed by atoms with van der Waals surface area (Å²) in [6.45, 7) is 10.2. The minimum Gasteiger partial charge on any atom is -0.108 e. The number of thioether (sulfide) groups is 1. The Balaban J connectivity index is 3.98. The fraction of sp³-hybridized carbons (Fsp3) is 0.583. The van der Waals surface area contributed by atoms with Crippen molar-refractivity contribution in [2.75, 3.05) is 0 Å². The highest BCUT2D eigenvalue weighted by atomic mass is 32.2. The SMILES string of the molecule is C=CCC/C=C/C(C)(C)SC(=S)CC. The van der Waals surface area contributed by atoms with Crippen molar-refractivity contribution in [1.29, 1.82) is 0 Å². The second-order valence-corrected chi connectivity index (χ2v) is 6.20. The van der Waals surface area contributed by atoms with Gasteiger partial charge in [0.25, 0.3) is 0 Å². The fourth-order valence-corrected chi connectivity index (χ4v) is 2.52. The Morgan fingerprint density at radius 1 is 1.43 bits per heavy atom. The van der Waals surface area contributed by atoms with E-state index in [2.05, 4.69) is 39.5 Å². The summed E-state index contributed by atoms with van der Waals surface area (Å²) in [5.41, 5.74) is 0. The van der Waals surface area contributed by atoms with E-state index < -0.39 is 0 Å². The van der Waals surface area contributed by atoms with Crippen LogP contribution < -0.4 is 0 Å². The first kappa shape index (κ1) is 13.9. The fourth-order valence-electron chi connectivity index (χ4n) is 0.981. The summed E-state index contributed by atoms with van der Waals surface area (Å²) in [7, 11) is 0. The Bertz CT molecular complexity index is 214. The zero-order valence-corrected chi connectivity index (χ0v) is 11.0. The molecule has 0 unspecified atom stereocenters. The molecule has 0 saturated heterocycles. The molecule has 0 heterocycles. The van der Waals surface area contributed by atoms with Crippen molar-refractivity contribution >= 4 is 28.2 Å². The largest absolute Gasteiger partial charge is 0.108 e. The molecule has 0 fully saturated rings. The van der Waals surface area contributed by atoms with Crippen molar-refractivity contribution in [2.24, 2.45) is 0 Å². The van der Waals surface area contributed by atoms with E-state index in [0.717, 1.165) is 23.5 Å². The summed E-state index contributed by atoms with van der Waals surface area (Å²) in [6, 6.07) is 0. The Hall–Kier alpha value is -0.0800. The second-order valence-electron chi connectivity index (χ2n) is 3.70. The van der Waals surface area contributed by atoms with Gasteiger partial charge in [0.2, 0.25) is 0 Å². The van der Waals surface area contributed by atoms with Crippen molar-refractivity contribution in [3.05, 3.63) is 24.8 Å². The van der Waals surface area contributed by atoms with Gasteiger partial charge in [-0.05, 0) is 33.1 Å². The Morgan fingerprint density at radius 3 is 2.57 bits per heavy atom. The summed E-state index contributed by atoms with van der Waals surface area (Å²) in [4.78, 5) is 0. The van der Waals surface area contributed by atoms with E-state index in [9.17, 15) is 0 Å². The molecular formula is C12H20S2. The van der Waals surface area contributed by atoms with E-state index in [4.69, 9.17) is 12.2 Å². The molecule has 0 saturated carbocycles. The molecule has 0 aromatic rings. The summed E-state index contributed by atoms with van der Waals surface area (Å²) in [5.74, 6) is 0. The van der Waals surface area contributed by atoms with Crippen LogP contribution in [-0.4, -0.2) is 8.94 Å². The van der Waals surface area contributed by atoms with Crippen molar-refractivity contribution < 1.29 is 0 Å². The lowest BCUT2D eigenvalue weighted by Gasteiger charge is -2.19. The van der Waals surface area contributed by atoms with Crippen molar-refractivity contribution in [2.45, 2.75) is 44.8 Å². The third kappa shape index (κ3) is 7.34. The van der Waals surface area contributed by atoms with Crippen LogP contribution in [0.5, 0.6) is 0 Å². The maximum atomic E-state index is 5.22. The van der Waals surface area contributed by atoms with E-state index in [-0.39, 0.29) is 4.75 Å². The highest BCUT2D eigenvalue weighted by Gasteiger charge is 2.15. The summed E-state index contributed by atoms with van der Waals surface area (Å²) in [6.07, 6.45) is 9.50. The second kappa shape index (κ2) is 7.24. The molecule has 0 bridgehead atoms. The third-order valence-corrected chi connectivity index (χ3v) is 3.44. The van der Waals surface area contributed by atoms with Gasteiger partial charge in [-0.25, -0.2) is 0 Å². The molecule has 0 aliphatic carbocycles. The van der Waals surface area contributed by atoms with Crippen LogP contribution in [0.25, 0.3) is 0 Å². The van der Waals surface area contributed by atoms with Crippen LogP contribution in [0.1, 0.15) is 40.0 Å². The van der Waals surface area contributed by atoms with Crippen LogP contribution in [0.3, 0.4) is 0 Å². The van der Waals surface area contributed by atoms with Crippen LogP contribution in [0.2, 0.25) is 0 Å². The summed E-state index contributed by atoms with van der Waals surface area (Å²) < 4.78 is 1.22. The summed E-state index contributed by atoms with van der Waals surface area (Å²) >= 11 is 7.00. The maximum absolute atomic E-state index is 5.22. The molecule has 0 amide bonds. The van der Waals surface area contributed by atoms with Gasteiger partial charge in [-0.2, -0.15) is 0 Å². The van der Waals surface area contributed by atoms with E-state index in [0.29, 0.717) is 0 Å². The van der Waals surface area contributed by atoms with Crippen molar-refractivity contribution in [3.63, 3.8) is 0 Å². The molecular weight excluding hydrogens is 208 g/mol. The highest BCUT2D eigenvalue weighted by molar-refractivity contribution is 8.24. The lowest BCUT2D eigenvalue weighted by atomic mass is 10.1. The van der Waals surface area contributed by atoms with E-state index >= 15 is 0 Å². The maximum Gasteiger partial charge on any atom is 0.0484 e. The van der Waals surface area contributed by atoms with E-state index in [1.807, 2.05) is 6.08 Å². The molecule has 0 spiro atoms. The van der Waals surface area contributed by atoms with Gasteiger partial charge in [-0.15, -0.1) is 18.3 Å². The van der Waals surface area contributed by atoms with E-state index in [1.165, 1.54) is 0 Å². The van der Waals surface area contributed by atoms with Gasteiger partial charge in [-0.1, -0.05) is 37.4 Å². The third-order valence-electron chi connectivity index (χ3n) is 1.72. The van der Waals surface area contributed by atoms with Gasteiger partial charge in [0, 0.05) is 8.94 Å². The molecule has 0 radical (unpaired) electrons. The van der Waals surface area contributed by atoms with Crippen molar-refractivity contribution in [3.8, 4) is 0 Å². The Kier molecular flexibility index (Phi) is 7.20. The first-order valence-electron chi connectivity index (χ1n) is 5.02. The zero-order chi connectivity index (χ0) is 11.0. The lowest BCUT2D eigenvalue weighted by Crippen LogP contribution is -2.12. The molecule has 0 nitrogen and oxygen atoms in total. The number of hydrogen-bond acceptors (Lipinski definition) is 2. The molecule has 0 aliphatic heterocycles. The highest BCUT2D eigenvalue weighted by Crippen LogP contribution is 2.28.